The molecule has 0 heterocycles. The molecule has 0 aliphatic carbocycles. The predicted molar refractivity (Wildman–Crippen MR) is 102 cm³/mol. The average Bonchev–Trinajstić information content (AvgIpc) is 2.58. The number of rotatable bonds is 7. The molecular formula is C19H21NO6S. The van der Waals surface area contributed by atoms with E-state index in [0.29, 0.717) is 17.0 Å². The second kappa shape index (κ2) is 8.68. The number of carbonyl (C=O) groups excluding carboxylic acids is 2. The molecule has 144 valence electrons. The Bertz CT molecular complexity index is 952. The second-order valence-corrected chi connectivity index (χ2v) is 8.24. The summed E-state index contributed by atoms with van der Waals surface area (Å²) in [6.07, 6.45) is 1.11. The van der Waals surface area contributed by atoms with Crippen molar-refractivity contribution >= 4 is 27.4 Å². The molecule has 2 aromatic rings. The Hall–Kier alpha value is -2.87. The fourth-order valence-electron chi connectivity index (χ4n) is 2.41. The van der Waals surface area contributed by atoms with Crippen molar-refractivity contribution < 1.29 is 27.5 Å². The average molecular weight is 391 g/mol. The minimum absolute atomic E-state index is 0.178. The van der Waals surface area contributed by atoms with Gasteiger partial charge in [0.25, 0.3) is 5.91 Å². The standard InChI is InChI=1S/C19H21NO6S/c1-13-7-8-17(25-2)16(9-13)20-18(21)11-26-19(22)15-6-4-5-14(10-15)12-27(3,23)24/h4-10H,11-12H2,1-3H3,(H,20,21). The normalized spacial score (nSPS) is 10.9. The van der Waals surface area contributed by atoms with Crippen LogP contribution in [-0.2, 0) is 25.1 Å². The van der Waals surface area contributed by atoms with E-state index >= 15 is 0 Å². The van der Waals surface area contributed by atoms with E-state index in [2.05, 4.69) is 5.32 Å². The number of aryl methyl sites for hydroxylation is 1. The van der Waals surface area contributed by atoms with E-state index in [4.69, 9.17) is 9.47 Å². The van der Waals surface area contributed by atoms with Crippen LogP contribution >= 0.6 is 0 Å². The molecule has 2 aromatic carbocycles. The third-order valence-corrected chi connectivity index (χ3v) is 4.41. The number of esters is 1. The molecule has 1 amide bonds. The molecule has 1 N–H and O–H groups in total. The number of anilines is 1. The van der Waals surface area contributed by atoms with Crippen LogP contribution in [0.1, 0.15) is 21.5 Å². The van der Waals surface area contributed by atoms with Crippen LogP contribution in [0, 0.1) is 6.92 Å². The molecule has 0 aliphatic heterocycles. The molecule has 0 aliphatic rings. The van der Waals surface area contributed by atoms with Crippen LogP contribution in [0.2, 0.25) is 0 Å². The van der Waals surface area contributed by atoms with Gasteiger partial charge in [0.15, 0.2) is 16.4 Å². The third-order valence-electron chi connectivity index (χ3n) is 3.55. The van der Waals surface area contributed by atoms with Crippen LogP contribution in [0.3, 0.4) is 0 Å². The fraction of sp³-hybridized carbons (Fsp3) is 0.263. The van der Waals surface area contributed by atoms with Crippen LogP contribution in [0.4, 0.5) is 5.69 Å². The first-order valence-electron chi connectivity index (χ1n) is 8.06. The van der Waals surface area contributed by atoms with E-state index in [9.17, 15) is 18.0 Å². The summed E-state index contributed by atoms with van der Waals surface area (Å²) >= 11 is 0. The van der Waals surface area contributed by atoms with E-state index in [1.165, 1.54) is 19.2 Å². The maximum Gasteiger partial charge on any atom is 0.338 e. The molecule has 0 saturated heterocycles. The Balaban J connectivity index is 1.98. The van der Waals surface area contributed by atoms with E-state index in [1.807, 2.05) is 13.0 Å². The lowest BCUT2D eigenvalue weighted by Crippen LogP contribution is -2.21. The van der Waals surface area contributed by atoms with Crippen molar-refractivity contribution in [2.24, 2.45) is 0 Å². The fourth-order valence-corrected chi connectivity index (χ4v) is 3.20. The van der Waals surface area contributed by atoms with Gasteiger partial charge in [0.05, 0.1) is 24.1 Å². The third kappa shape index (κ3) is 6.41. The Morgan fingerprint density at radius 1 is 1.11 bits per heavy atom. The molecule has 0 atom stereocenters. The lowest BCUT2D eigenvalue weighted by atomic mass is 10.1. The summed E-state index contributed by atoms with van der Waals surface area (Å²) in [4.78, 5) is 24.2. The van der Waals surface area contributed by atoms with Crippen LogP contribution in [0.5, 0.6) is 5.75 Å². The summed E-state index contributed by atoms with van der Waals surface area (Å²) in [5, 5.41) is 2.63. The highest BCUT2D eigenvalue weighted by Gasteiger charge is 2.14. The molecule has 7 nitrogen and oxygen atoms in total. The summed E-state index contributed by atoms with van der Waals surface area (Å²) < 4.78 is 32.9. The Morgan fingerprint density at radius 2 is 1.85 bits per heavy atom. The number of methoxy groups -OCH3 is 1. The highest BCUT2D eigenvalue weighted by Crippen LogP contribution is 2.25. The summed E-state index contributed by atoms with van der Waals surface area (Å²) in [5.41, 5.74) is 2.07. The topological polar surface area (TPSA) is 98.8 Å². The van der Waals surface area contributed by atoms with Gasteiger partial charge in [-0.25, -0.2) is 13.2 Å². The molecule has 0 saturated carbocycles. The van der Waals surface area contributed by atoms with Gasteiger partial charge in [-0.05, 0) is 42.3 Å². The van der Waals surface area contributed by atoms with Gasteiger partial charge in [0, 0.05) is 6.26 Å². The van der Waals surface area contributed by atoms with Gasteiger partial charge >= 0.3 is 5.97 Å². The minimum Gasteiger partial charge on any atom is -0.495 e. The lowest BCUT2D eigenvalue weighted by molar-refractivity contribution is -0.119. The highest BCUT2D eigenvalue weighted by molar-refractivity contribution is 7.89. The maximum atomic E-state index is 12.1. The van der Waals surface area contributed by atoms with Gasteiger partial charge in [-0.2, -0.15) is 0 Å². The van der Waals surface area contributed by atoms with Crippen molar-refractivity contribution in [2.45, 2.75) is 12.7 Å². The Labute approximate surface area is 158 Å². The first-order valence-corrected chi connectivity index (χ1v) is 10.1. The Kier molecular flexibility index (Phi) is 6.57. The smallest absolute Gasteiger partial charge is 0.338 e. The molecule has 0 fully saturated rings. The number of ether oxygens (including phenoxy) is 2. The number of hydrogen-bond donors (Lipinski definition) is 1. The van der Waals surface area contributed by atoms with Crippen molar-refractivity contribution in [3.8, 4) is 5.75 Å². The molecular weight excluding hydrogens is 370 g/mol. The van der Waals surface area contributed by atoms with Gasteiger partial charge in [0.1, 0.15) is 5.75 Å². The van der Waals surface area contributed by atoms with Gasteiger partial charge in [-0.15, -0.1) is 0 Å². The second-order valence-electron chi connectivity index (χ2n) is 6.10. The molecule has 8 heteroatoms. The summed E-state index contributed by atoms with van der Waals surface area (Å²) in [5.74, 6) is -0.910. The van der Waals surface area contributed by atoms with Crippen LogP contribution < -0.4 is 10.1 Å². The summed E-state index contributed by atoms with van der Waals surface area (Å²) in [7, 11) is -1.73. The molecule has 27 heavy (non-hydrogen) atoms. The van der Waals surface area contributed by atoms with Crippen molar-refractivity contribution in [3.05, 3.63) is 59.2 Å². The van der Waals surface area contributed by atoms with E-state index in [-0.39, 0.29) is 11.3 Å². The molecule has 0 bridgehead atoms. The highest BCUT2D eigenvalue weighted by atomic mass is 32.2. The van der Waals surface area contributed by atoms with Crippen molar-refractivity contribution in [1.82, 2.24) is 0 Å². The van der Waals surface area contributed by atoms with Gasteiger partial charge < -0.3 is 14.8 Å². The molecule has 0 aromatic heterocycles. The molecule has 0 unspecified atom stereocenters. The van der Waals surface area contributed by atoms with Crippen molar-refractivity contribution in [2.75, 3.05) is 25.3 Å². The first-order chi connectivity index (χ1) is 12.7. The van der Waals surface area contributed by atoms with Gasteiger partial charge in [-0.1, -0.05) is 18.2 Å². The number of hydrogen-bond acceptors (Lipinski definition) is 6. The number of benzene rings is 2. The zero-order valence-electron chi connectivity index (χ0n) is 15.3. The van der Waals surface area contributed by atoms with Crippen molar-refractivity contribution in [1.29, 1.82) is 0 Å². The van der Waals surface area contributed by atoms with E-state index in [1.54, 1.807) is 24.3 Å². The summed E-state index contributed by atoms with van der Waals surface area (Å²) in [6.45, 7) is 1.39. The maximum absolute atomic E-state index is 12.1. The quantitative estimate of drug-likeness (QED) is 0.728. The van der Waals surface area contributed by atoms with Crippen LogP contribution in [-0.4, -0.2) is 40.3 Å². The molecule has 0 spiro atoms. The SMILES string of the molecule is COc1ccc(C)cc1NC(=O)COC(=O)c1cccc(CS(C)(=O)=O)c1. The minimum atomic E-state index is -3.22. The van der Waals surface area contributed by atoms with Gasteiger partial charge in [-0.3, -0.25) is 4.79 Å². The molecule has 2 rings (SSSR count). The lowest BCUT2D eigenvalue weighted by Gasteiger charge is -2.11. The van der Waals surface area contributed by atoms with Gasteiger partial charge in [0.2, 0.25) is 0 Å². The van der Waals surface area contributed by atoms with E-state index < -0.39 is 28.3 Å². The van der Waals surface area contributed by atoms with E-state index in [0.717, 1.165) is 11.8 Å². The number of nitrogens with one attached hydrogen (secondary N) is 1. The Morgan fingerprint density at radius 3 is 2.52 bits per heavy atom. The largest absolute Gasteiger partial charge is 0.495 e. The number of sulfone groups is 1. The molecule has 0 radical (unpaired) electrons. The first kappa shape index (κ1) is 20.4. The number of amides is 1. The van der Waals surface area contributed by atoms with Crippen LogP contribution in [0.15, 0.2) is 42.5 Å². The van der Waals surface area contributed by atoms with Crippen molar-refractivity contribution in [3.63, 3.8) is 0 Å². The van der Waals surface area contributed by atoms with Crippen LogP contribution in [0.25, 0.3) is 0 Å². The zero-order chi connectivity index (χ0) is 20.0. The zero-order valence-corrected chi connectivity index (χ0v) is 16.1. The predicted octanol–water partition coefficient (Wildman–Crippen LogP) is 2.34. The number of carbonyl (C=O) groups is 2. The summed E-state index contributed by atoms with van der Waals surface area (Å²) in [6, 6.07) is 11.4. The monoisotopic (exact) mass is 391 g/mol.